The fourth-order valence-electron chi connectivity index (χ4n) is 2.49. The SMILES string of the molecule is C[C@](NC(=O)c1cc2ccccc2[nH]1)(C(=O)O)C1CC1. The highest BCUT2D eigenvalue weighted by Crippen LogP contribution is 2.39. The zero-order valence-electron chi connectivity index (χ0n) is 11.1. The molecule has 1 aliphatic rings. The third kappa shape index (κ3) is 2.05. The molecule has 1 aromatic carbocycles. The lowest BCUT2D eigenvalue weighted by atomic mass is 9.96. The van der Waals surface area contributed by atoms with E-state index in [2.05, 4.69) is 10.3 Å². The number of rotatable bonds is 4. The van der Waals surface area contributed by atoms with Crippen LogP contribution in [0.3, 0.4) is 0 Å². The lowest BCUT2D eigenvalue weighted by Gasteiger charge is -2.25. The summed E-state index contributed by atoms with van der Waals surface area (Å²) in [5.41, 5.74) is 0.0643. The first-order valence-corrected chi connectivity index (χ1v) is 6.64. The van der Waals surface area contributed by atoms with E-state index < -0.39 is 11.5 Å². The standard InChI is InChI=1S/C15H16N2O3/c1-15(14(19)20,10-6-7-10)17-13(18)12-8-9-4-2-3-5-11(9)16-12/h2-5,8,10,16H,6-7H2,1H3,(H,17,18)(H,19,20)/t15-/m1/s1. The van der Waals surface area contributed by atoms with Gasteiger partial charge in [0.05, 0.1) is 0 Å². The maximum atomic E-state index is 12.3. The maximum absolute atomic E-state index is 12.3. The Hall–Kier alpha value is -2.30. The number of aromatic amines is 1. The number of aliphatic carboxylic acids is 1. The molecule has 20 heavy (non-hydrogen) atoms. The van der Waals surface area contributed by atoms with E-state index in [1.807, 2.05) is 24.3 Å². The average molecular weight is 272 g/mol. The first kappa shape index (κ1) is 12.7. The summed E-state index contributed by atoms with van der Waals surface area (Å²) in [6.45, 7) is 1.58. The number of amides is 1. The highest BCUT2D eigenvalue weighted by Gasteiger charge is 2.48. The first-order valence-electron chi connectivity index (χ1n) is 6.64. The zero-order valence-corrected chi connectivity index (χ0v) is 11.1. The van der Waals surface area contributed by atoms with Gasteiger partial charge in [-0.3, -0.25) is 4.79 Å². The van der Waals surface area contributed by atoms with Crippen molar-refractivity contribution in [1.29, 1.82) is 0 Å². The third-order valence-electron chi connectivity index (χ3n) is 3.99. The minimum absolute atomic E-state index is 0.0216. The molecule has 0 aliphatic heterocycles. The Kier molecular flexibility index (Phi) is 2.78. The number of para-hydroxylation sites is 1. The normalized spacial score (nSPS) is 17.6. The lowest BCUT2D eigenvalue weighted by molar-refractivity contribution is -0.144. The van der Waals surface area contributed by atoms with Crippen LogP contribution < -0.4 is 5.32 Å². The number of nitrogens with one attached hydrogen (secondary N) is 2. The summed E-state index contributed by atoms with van der Waals surface area (Å²) in [6.07, 6.45) is 1.69. The quantitative estimate of drug-likeness (QED) is 0.797. The van der Waals surface area contributed by atoms with E-state index in [1.165, 1.54) is 0 Å². The lowest BCUT2D eigenvalue weighted by Crippen LogP contribution is -2.54. The third-order valence-corrected chi connectivity index (χ3v) is 3.99. The highest BCUT2D eigenvalue weighted by molar-refractivity contribution is 6.00. The first-order chi connectivity index (χ1) is 9.50. The second-order valence-electron chi connectivity index (χ2n) is 5.51. The summed E-state index contributed by atoms with van der Waals surface area (Å²) in [7, 11) is 0. The predicted molar refractivity (Wildman–Crippen MR) is 74.5 cm³/mol. The van der Waals surface area contributed by atoms with Gasteiger partial charge in [0.25, 0.3) is 5.91 Å². The number of benzene rings is 1. The number of hydrogen-bond donors (Lipinski definition) is 3. The van der Waals surface area contributed by atoms with E-state index in [4.69, 9.17) is 0 Å². The number of fused-ring (bicyclic) bond motifs is 1. The van der Waals surface area contributed by atoms with E-state index in [0.717, 1.165) is 23.7 Å². The minimum Gasteiger partial charge on any atom is -0.480 e. The predicted octanol–water partition coefficient (Wildman–Crippen LogP) is 2.15. The molecule has 0 saturated heterocycles. The summed E-state index contributed by atoms with van der Waals surface area (Å²) < 4.78 is 0. The number of H-pyrrole nitrogens is 1. The van der Waals surface area contributed by atoms with Gasteiger partial charge in [0, 0.05) is 10.9 Å². The zero-order chi connectivity index (χ0) is 14.3. The van der Waals surface area contributed by atoms with Crippen molar-refractivity contribution >= 4 is 22.8 Å². The van der Waals surface area contributed by atoms with Crippen LogP contribution >= 0.6 is 0 Å². The van der Waals surface area contributed by atoms with E-state index in [-0.39, 0.29) is 11.8 Å². The summed E-state index contributed by atoms with van der Waals surface area (Å²) in [4.78, 5) is 26.7. The van der Waals surface area contributed by atoms with Crippen LogP contribution in [0.15, 0.2) is 30.3 Å². The highest BCUT2D eigenvalue weighted by atomic mass is 16.4. The molecule has 1 atom stereocenters. The Labute approximate surface area is 116 Å². The van der Waals surface area contributed by atoms with Crippen molar-refractivity contribution in [2.45, 2.75) is 25.3 Å². The molecule has 2 aromatic rings. The van der Waals surface area contributed by atoms with E-state index in [0.29, 0.717) is 5.69 Å². The van der Waals surface area contributed by atoms with Gasteiger partial charge in [-0.25, -0.2) is 4.79 Å². The monoisotopic (exact) mass is 272 g/mol. The molecule has 0 spiro atoms. The topological polar surface area (TPSA) is 82.2 Å². The van der Waals surface area contributed by atoms with Gasteiger partial charge < -0.3 is 15.4 Å². The average Bonchev–Trinajstić information content (AvgIpc) is 3.17. The van der Waals surface area contributed by atoms with Crippen molar-refractivity contribution in [3.63, 3.8) is 0 Å². The summed E-state index contributed by atoms with van der Waals surface area (Å²) in [5, 5.41) is 12.9. The van der Waals surface area contributed by atoms with Crippen molar-refractivity contribution in [3.05, 3.63) is 36.0 Å². The molecule has 1 amide bonds. The molecule has 1 fully saturated rings. The molecule has 0 unspecified atom stereocenters. The fraction of sp³-hybridized carbons (Fsp3) is 0.333. The minimum atomic E-state index is -1.19. The number of carbonyl (C=O) groups is 2. The fourth-order valence-corrected chi connectivity index (χ4v) is 2.49. The van der Waals surface area contributed by atoms with E-state index in [1.54, 1.807) is 13.0 Å². The number of carbonyl (C=O) groups excluding carboxylic acids is 1. The molecule has 1 aromatic heterocycles. The summed E-state index contributed by atoms with van der Waals surface area (Å²) in [5.74, 6) is -1.34. The van der Waals surface area contributed by atoms with Crippen LogP contribution in [-0.4, -0.2) is 27.5 Å². The van der Waals surface area contributed by atoms with Crippen molar-refractivity contribution in [2.75, 3.05) is 0 Å². The second kappa shape index (κ2) is 4.37. The molecule has 5 nitrogen and oxygen atoms in total. The van der Waals surface area contributed by atoms with Crippen LogP contribution in [0.25, 0.3) is 10.9 Å². The number of aromatic nitrogens is 1. The van der Waals surface area contributed by atoms with Crippen molar-refractivity contribution in [3.8, 4) is 0 Å². The molecule has 0 radical (unpaired) electrons. The van der Waals surface area contributed by atoms with Gasteiger partial charge in [-0.15, -0.1) is 0 Å². The Morgan fingerprint density at radius 1 is 1.35 bits per heavy atom. The van der Waals surface area contributed by atoms with Gasteiger partial charge in [-0.2, -0.15) is 0 Å². The number of carboxylic acid groups (broad SMARTS) is 1. The van der Waals surface area contributed by atoms with Crippen LogP contribution in [-0.2, 0) is 4.79 Å². The van der Waals surface area contributed by atoms with Gasteiger partial charge >= 0.3 is 5.97 Å². The van der Waals surface area contributed by atoms with Crippen molar-refractivity contribution < 1.29 is 14.7 Å². The molecule has 3 rings (SSSR count). The van der Waals surface area contributed by atoms with Crippen LogP contribution in [0.4, 0.5) is 0 Å². The molecule has 1 aliphatic carbocycles. The largest absolute Gasteiger partial charge is 0.480 e. The van der Waals surface area contributed by atoms with Gasteiger partial charge in [0.15, 0.2) is 0 Å². The molecule has 104 valence electrons. The molecule has 3 N–H and O–H groups in total. The van der Waals surface area contributed by atoms with Crippen LogP contribution in [0.1, 0.15) is 30.3 Å². The molecule has 5 heteroatoms. The molecule has 1 saturated carbocycles. The van der Waals surface area contributed by atoms with Crippen molar-refractivity contribution in [1.82, 2.24) is 10.3 Å². The molecular weight excluding hydrogens is 256 g/mol. The van der Waals surface area contributed by atoms with E-state index in [9.17, 15) is 14.7 Å². The number of carboxylic acids is 1. The van der Waals surface area contributed by atoms with Crippen LogP contribution in [0.2, 0.25) is 0 Å². The Bertz CT molecular complexity index is 654. The van der Waals surface area contributed by atoms with E-state index >= 15 is 0 Å². The Balaban J connectivity index is 1.86. The summed E-state index contributed by atoms with van der Waals surface area (Å²) >= 11 is 0. The Morgan fingerprint density at radius 2 is 2.05 bits per heavy atom. The second-order valence-corrected chi connectivity index (χ2v) is 5.51. The Morgan fingerprint density at radius 3 is 2.65 bits per heavy atom. The molecular formula is C15H16N2O3. The van der Waals surface area contributed by atoms with Gasteiger partial charge in [0.2, 0.25) is 0 Å². The van der Waals surface area contributed by atoms with Gasteiger partial charge in [-0.05, 0) is 37.8 Å². The van der Waals surface area contributed by atoms with Crippen LogP contribution in [0, 0.1) is 5.92 Å². The van der Waals surface area contributed by atoms with Gasteiger partial charge in [0.1, 0.15) is 11.2 Å². The molecule has 1 heterocycles. The van der Waals surface area contributed by atoms with Gasteiger partial charge in [-0.1, -0.05) is 18.2 Å². The summed E-state index contributed by atoms with van der Waals surface area (Å²) in [6, 6.07) is 9.29. The maximum Gasteiger partial charge on any atom is 0.329 e. The molecule has 0 bridgehead atoms. The number of hydrogen-bond acceptors (Lipinski definition) is 2. The van der Waals surface area contributed by atoms with Crippen molar-refractivity contribution in [2.24, 2.45) is 5.92 Å². The smallest absolute Gasteiger partial charge is 0.329 e. The van der Waals surface area contributed by atoms with Crippen LogP contribution in [0.5, 0.6) is 0 Å².